The van der Waals surface area contributed by atoms with Gasteiger partial charge in [-0.2, -0.15) is 0 Å². The van der Waals surface area contributed by atoms with E-state index in [-0.39, 0.29) is 16.5 Å². The molecule has 2 aromatic carbocycles. The van der Waals surface area contributed by atoms with Crippen LogP contribution in [0.2, 0.25) is 5.02 Å². The highest BCUT2D eigenvalue weighted by molar-refractivity contribution is 7.93. The van der Waals surface area contributed by atoms with E-state index in [4.69, 9.17) is 11.6 Å². The SMILES string of the molecule is CN1CCN(S(=O)(=O)c2cc(F)ccc2Cl)c2ccccc2C1. The molecule has 0 unspecified atom stereocenters. The van der Waals surface area contributed by atoms with Gasteiger partial charge in [-0.25, -0.2) is 12.8 Å². The zero-order valence-electron chi connectivity index (χ0n) is 12.5. The van der Waals surface area contributed by atoms with Gasteiger partial charge < -0.3 is 4.90 Å². The molecule has 0 fully saturated rings. The van der Waals surface area contributed by atoms with Crippen molar-refractivity contribution in [2.75, 3.05) is 24.4 Å². The smallest absolute Gasteiger partial charge is 0.265 e. The third-order valence-electron chi connectivity index (χ3n) is 3.85. The van der Waals surface area contributed by atoms with E-state index in [0.29, 0.717) is 18.8 Å². The van der Waals surface area contributed by atoms with Gasteiger partial charge in [0.25, 0.3) is 10.0 Å². The number of fused-ring (bicyclic) bond motifs is 1. The second kappa shape index (κ2) is 6.11. The van der Waals surface area contributed by atoms with Gasteiger partial charge in [0.1, 0.15) is 10.7 Å². The van der Waals surface area contributed by atoms with Crippen molar-refractivity contribution in [3.8, 4) is 0 Å². The van der Waals surface area contributed by atoms with Gasteiger partial charge in [0, 0.05) is 19.6 Å². The maximum Gasteiger partial charge on any atom is 0.265 e. The molecule has 0 spiro atoms. The van der Waals surface area contributed by atoms with E-state index >= 15 is 0 Å². The molecule has 0 radical (unpaired) electrons. The van der Waals surface area contributed by atoms with Crippen LogP contribution < -0.4 is 4.31 Å². The highest BCUT2D eigenvalue weighted by Crippen LogP contribution is 2.32. The molecule has 7 heteroatoms. The lowest BCUT2D eigenvalue weighted by atomic mass is 10.2. The Kier molecular flexibility index (Phi) is 4.31. The summed E-state index contributed by atoms with van der Waals surface area (Å²) in [6.45, 7) is 1.50. The maximum atomic E-state index is 13.5. The summed E-state index contributed by atoms with van der Waals surface area (Å²) in [5.74, 6) is -0.631. The van der Waals surface area contributed by atoms with Crippen LogP contribution >= 0.6 is 11.6 Å². The van der Waals surface area contributed by atoms with Crippen LogP contribution in [0.5, 0.6) is 0 Å². The first-order chi connectivity index (χ1) is 10.9. The molecule has 3 rings (SSSR count). The second-order valence-corrected chi connectivity index (χ2v) is 7.76. The molecule has 0 aromatic heterocycles. The fourth-order valence-electron chi connectivity index (χ4n) is 2.68. The molecule has 0 N–H and O–H groups in total. The molecule has 0 saturated carbocycles. The summed E-state index contributed by atoms with van der Waals surface area (Å²) >= 11 is 6.01. The lowest BCUT2D eigenvalue weighted by Gasteiger charge is -2.24. The molecule has 0 saturated heterocycles. The van der Waals surface area contributed by atoms with Crippen LogP contribution in [-0.4, -0.2) is 33.5 Å². The van der Waals surface area contributed by atoms with Gasteiger partial charge >= 0.3 is 0 Å². The van der Waals surface area contributed by atoms with E-state index in [1.165, 1.54) is 10.4 Å². The first-order valence-electron chi connectivity index (χ1n) is 7.14. The first kappa shape index (κ1) is 16.2. The van der Waals surface area contributed by atoms with Crippen molar-refractivity contribution in [1.29, 1.82) is 0 Å². The molecular formula is C16H16ClFN2O2S. The number of para-hydroxylation sites is 1. The summed E-state index contributed by atoms with van der Waals surface area (Å²) in [4.78, 5) is 1.83. The number of sulfonamides is 1. The van der Waals surface area contributed by atoms with E-state index in [1.807, 2.05) is 24.1 Å². The van der Waals surface area contributed by atoms with E-state index in [2.05, 4.69) is 0 Å². The van der Waals surface area contributed by atoms with Gasteiger partial charge in [0.2, 0.25) is 0 Å². The summed E-state index contributed by atoms with van der Waals surface area (Å²) < 4.78 is 40.9. The second-order valence-electron chi connectivity index (χ2n) is 5.52. The predicted octanol–water partition coefficient (Wildman–Crippen LogP) is 3.12. The van der Waals surface area contributed by atoms with E-state index in [0.717, 1.165) is 17.7 Å². The molecule has 1 aliphatic heterocycles. The minimum Gasteiger partial charge on any atom is -0.300 e. The fourth-order valence-corrected chi connectivity index (χ4v) is 4.67. The quantitative estimate of drug-likeness (QED) is 0.832. The van der Waals surface area contributed by atoms with Crippen LogP contribution in [0.4, 0.5) is 10.1 Å². The monoisotopic (exact) mass is 354 g/mol. The van der Waals surface area contributed by atoms with Crippen LogP contribution in [-0.2, 0) is 16.6 Å². The van der Waals surface area contributed by atoms with Crippen molar-refractivity contribution in [1.82, 2.24) is 4.90 Å². The number of likely N-dealkylation sites (N-methyl/N-ethyl adjacent to an activating group) is 1. The Morgan fingerprint density at radius 3 is 2.65 bits per heavy atom. The van der Waals surface area contributed by atoms with Crippen molar-refractivity contribution in [2.45, 2.75) is 11.4 Å². The van der Waals surface area contributed by atoms with Crippen LogP contribution in [0, 0.1) is 5.82 Å². The summed E-state index contributed by atoms with van der Waals surface area (Å²) in [7, 11) is -2.01. The topological polar surface area (TPSA) is 40.6 Å². The van der Waals surface area contributed by atoms with Crippen LogP contribution in [0.25, 0.3) is 0 Å². The minimum absolute atomic E-state index is 0.0153. The van der Waals surface area contributed by atoms with Gasteiger partial charge in [0.05, 0.1) is 10.7 Å². The average molecular weight is 355 g/mol. The molecule has 23 heavy (non-hydrogen) atoms. The summed E-state index contributed by atoms with van der Waals surface area (Å²) in [5.41, 5.74) is 1.51. The standard InChI is InChI=1S/C16H16ClFN2O2S/c1-19-8-9-20(15-5-3-2-4-12(15)11-19)23(21,22)16-10-13(18)6-7-14(16)17/h2-7,10H,8-9,11H2,1H3. The van der Waals surface area contributed by atoms with Crippen molar-refractivity contribution < 1.29 is 12.8 Å². The third-order valence-corrected chi connectivity index (χ3v) is 6.14. The minimum atomic E-state index is -3.94. The Balaban J connectivity index is 2.15. The summed E-state index contributed by atoms with van der Waals surface area (Å²) in [6, 6.07) is 10.7. The van der Waals surface area contributed by atoms with Gasteiger partial charge in [-0.15, -0.1) is 0 Å². The maximum absolute atomic E-state index is 13.5. The third kappa shape index (κ3) is 3.06. The Morgan fingerprint density at radius 1 is 1.13 bits per heavy atom. The molecule has 0 amide bonds. The van der Waals surface area contributed by atoms with Gasteiger partial charge in [0.15, 0.2) is 0 Å². The highest BCUT2D eigenvalue weighted by atomic mass is 35.5. The lowest BCUT2D eigenvalue weighted by molar-refractivity contribution is 0.344. The van der Waals surface area contributed by atoms with Crippen molar-refractivity contribution >= 4 is 27.3 Å². The van der Waals surface area contributed by atoms with Crippen molar-refractivity contribution in [3.05, 3.63) is 58.9 Å². The Hall–Kier alpha value is -1.63. The summed E-state index contributed by atoms with van der Waals surface area (Å²) in [5, 5.41) is 0.0153. The molecular weight excluding hydrogens is 339 g/mol. The predicted molar refractivity (Wildman–Crippen MR) is 88.7 cm³/mol. The van der Waals surface area contributed by atoms with Crippen LogP contribution in [0.1, 0.15) is 5.56 Å². The number of rotatable bonds is 2. The molecule has 0 aliphatic carbocycles. The molecule has 2 aromatic rings. The number of hydrogen-bond donors (Lipinski definition) is 0. The zero-order valence-corrected chi connectivity index (χ0v) is 14.1. The number of halogens is 2. The fraction of sp³-hybridized carbons (Fsp3) is 0.250. The molecule has 0 bridgehead atoms. The molecule has 1 aliphatic rings. The van der Waals surface area contributed by atoms with Crippen LogP contribution in [0.3, 0.4) is 0 Å². The van der Waals surface area contributed by atoms with Crippen molar-refractivity contribution in [2.24, 2.45) is 0 Å². The first-order valence-corrected chi connectivity index (χ1v) is 8.95. The van der Waals surface area contributed by atoms with E-state index in [1.54, 1.807) is 12.1 Å². The molecule has 122 valence electrons. The Labute approximate surface area is 140 Å². The number of hydrogen-bond acceptors (Lipinski definition) is 3. The Morgan fingerprint density at radius 2 is 1.87 bits per heavy atom. The van der Waals surface area contributed by atoms with Gasteiger partial charge in [-0.3, -0.25) is 4.31 Å². The average Bonchev–Trinajstić information content (AvgIpc) is 2.68. The van der Waals surface area contributed by atoms with Gasteiger partial charge in [-0.05, 0) is 36.9 Å². The molecule has 0 atom stereocenters. The van der Waals surface area contributed by atoms with Crippen molar-refractivity contribution in [3.63, 3.8) is 0 Å². The van der Waals surface area contributed by atoms with Crippen LogP contribution in [0.15, 0.2) is 47.4 Å². The number of benzene rings is 2. The molecule has 4 nitrogen and oxygen atoms in total. The number of anilines is 1. The largest absolute Gasteiger partial charge is 0.300 e. The lowest BCUT2D eigenvalue weighted by Crippen LogP contribution is -2.35. The van der Waals surface area contributed by atoms with E-state index < -0.39 is 15.8 Å². The highest BCUT2D eigenvalue weighted by Gasteiger charge is 2.30. The summed E-state index contributed by atoms with van der Waals surface area (Å²) in [6.07, 6.45) is 0. The zero-order chi connectivity index (χ0) is 16.6. The Bertz CT molecular complexity index is 842. The van der Waals surface area contributed by atoms with Gasteiger partial charge in [-0.1, -0.05) is 29.8 Å². The van der Waals surface area contributed by atoms with E-state index in [9.17, 15) is 12.8 Å². The molecule has 1 heterocycles. The number of nitrogens with zero attached hydrogens (tertiary/aromatic N) is 2. The normalized spacial score (nSPS) is 16.0.